The van der Waals surface area contributed by atoms with Crippen molar-refractivity contribution in [3.63, 3.8) is 0 Å². The zero-order chi connectivity index (χ0) is 18.6. The molecule has 5 heteroatoms. The van der Waals surface area contributed by atoms with Crippen LogP contribution in [-0.2, 0) is 16.1 Å². The molecule has 0 aliphatic rings. The highest BCUT2D eigenvalue weighted by molar-refractivity contribution is 5.91. The number of hydrogen-bond acceptors (Lipinski definition) is 3. The second-order valence-corrected chi connectivity index (χ2v) is 6.20. The van der Waals surface area contributed by atoms with Gasteiger partial charge in [0.1, 0.15) is 0 Å². The summed E-state index contributed by atoms with van der Waals surface area (Å²) in [5, 5.41) is 8.85. The van der Waals surface area contributed by atoms with Crippen molar-refractivity contribution in [2.24, 2.45) is 0 Å². The molecule has 2 aromatic rings. The van der Waals surface area contributed by atoms with Gasteiger partial charge in [-0.3, -0.25) is 9.59 Å². The van der Waals surface area contributed by atoms with Gasteiger partial charge in [-0.15, -0.1) is 0 Å². The fourth-order valence-corrected chi connectivity index (χ4v) is 2.51. The molecule has 0 radical (unpaired) electrons. The van der Waals surface area contributed by atoms with Crippen LogP contribution in [0.3, 0.4) is 0 Å². The van der Waals surface area contributed by atoms with E-state index in [2.05, 4.69) is 22.9 Å². The average Bonchev–Trinajstić information content (AvgIpc) is 2.66. The van der Waals surface area contributed by atoms with Crippen LogP contribution in [0.2, 0.25) is 0 Å². The molecular weight excluding hydrogens is 326 g/mol. The van der Waals surface area contributed by atoms with Crippen LogP contribution in [0, 0.1) is 0 Å². The van der Waals surface area contributed by atoms with Crippen LogP contribution in [0.1, 0.15) is 38.2 Å². The molecule has 0 unspecified atom stereocenters. The highest BCUT2D eigenvalue weighted by Gasteiger charge is 2.04. The lowest BCUT2D eigenvalue weighted by Gasteiger charge is -2.10. The van der Waals surface area contributed by atoms with Crippen LogP contribution in [0.5, 0.6) is 0 Å². The highest BCUT2D eigenvalue weighted by atomic mass is 16.2. The quantitative estimate of drug-likeness (QED) is 0.567. The zero-order valence-corrected chi connectivity index (χ0v) is 15.3. The Balaban J connectivity index is 1.75. The molecule has 0 aromatic heterocycles. The summed E-state index contributed by atoms with van der Waals surface area (Å²) in [5.74, 6) is -0.0564. The maximum atomic E-state index is 12.0. The lowest BCUT2D eigenvalue weighted by molar-refractivity contribution is -0.119. The van der Waals surface area contributed by atoms with E-state index in [4.69, 9.17) is 0 Å². The van der Waals surface area contributed by atoms with Crippen molar-refractivity contribution in [3.8, 4) is 0 Å². The van der Waals surface area contributed by atoms with Crippen molar-refractivity contribution < 1.29 is 9.59 Å². The Hall–Kier alpha value is -2.82. The summed E-state index contributed by atoms with van der Waals surface area (Å²) in [5.41, 5.74) is 2.60. The van der Waals surface area contributed by atoms with Crippen LogP contribution in [0.15, 0.2) is 54.6 Å². The molecule has 3 N–H and O–H groups in total. The topological polar surface area (TPSA) is 70.2 Å². The molecule has 0 saturated heterocycles. The van der Waals surface area contributed by atoms with Gasteiger partial charge in [-0.2, -0.15) is 0 Å². The molecule has 138 valence electrons. The van der Waals surface area contributed by atoms with E-state index < -0.39 is 0 Å². The highest BCUT2D eigenvalue weighted by Crippen LogP contribution is 2.15. The van der Waals surface area contributed by atoms with E-state index in [-0.39, 0.29) is 18.4 Å². The molecule has 0 aliphatic heterocycles. The summed E-state index contributed by atoms with van der Waals surface area (Å²) in [6.07, 6.45) is 3.60. The molecule has 2 rings (SSSR count). The first kappa shape index (κ1) is 19.5. The Bertz CT molecular complexity index is 701. The Kier molecular flexibility index (Phi) is 8.19. The molecule has 2 amide bonds. The molecule has 0 bridgehead atoms. The van der Waals surface area contributed by atoms with Gasteiger partial charge in [0.15, 0.2) is 0 Å². The molecule has 0 saturated carbocycles. The number of hydrogen-bond donors (Lipinski definition) is 3. The number of unbranched alkanes of at least 4 members (excludes halogenated alkanes) is 2. The molecule has 0 aliphatic carbocycles. The smallest absolute Gasteiger partial charge is 0.239 e. The zero-order valence-electron chi connectivity index (χ0n) is 15.3. The molecule has 26 heavy (non-hydrogen) atoms. The Morgan fingerprint density at radius 2 is 1.65 bits per heavy atom. The first-order valence-corrected chi connectivity index (χ1v) is 9.12. The third kappa shape index (κ3) is 7.38. The summed E-state index contributed by atoms with van der Waals surface area (Å²) >= 11 is 0. The van der Waals surface area contributed by atoms with Crippen LogP contribution in [-0.4, -0.2) is 18.4 Å². The largest absolute Gasteiger partial charge is 0.376 e. The summed E-state index contributed by atoms with van der Waals surface area (Å²) in [6, 6.07) is 17.2. The third-order valence-electron chi connectivity index (χ3n) is 3.94. The normalized spacial score (nSPS) is 10.2. The van der Waals surface area contributed by atoms with Crippen LogP contribution >= 0.6 is 0 Å². The number of rotatable bonds is 10. The predicted octanol–water partition coefficient (Wildman–Crippen LogP) is 3.93. The molecule has 0 fully saturated rings. The van der Waals surface area contributed by atoms with Crippen LogP contribution in [0.25, 0.3) is 0 Å². The second-order valence-electron chi connectivity index (χ2n) is 6.20. The number of amides is 2. The van der Waals surface area contributed by atoms with E-state index >= 15 is 0 Å². The van der Waals surface area contributed by atoms with Crippen LogP contribution < -0.4 is 16.0 Å². The number of benzene rings is 2. The monoisotopic (exact) mass is 353 g/mol. The average molecular weight is 353 g/mol. The summed E-state index contributed by atoms with van der Waals surface area (Å²) in [7, 11) is 0. The summed E-state index contributed by atoms with van der Waals surface area (Å²) < 4.78 is 0. The van der Waals surface area contributed by atoms with Gasteiger partial charge in [0.05, 0.1) is 6.54 Å². The van der Waals surface area contributed by atoms with Crippen molar-refractivity contribution in [2.45, 2.75) is 39.2 Å². The second kappa shape index (κ2) is 10.9. The van der Waals surface area contributed by atoms with E-state index in [9.17, 15) is 9.59 Å². The van der Waals surface area contributed by atoms with E-state index in [1.165, 1.54) is 0 Å². The fraction of sp³-hybridized carbons (Fsp3) is 0.333. The SMILES string of the molecule is CCCCCC(=O)Nc1cccc(NCC(=O)NCc2ccccc2)c1. The van der Waals surface area contributed by atoms with Crippen LogP contribution in [0.4, 0.5) is 11.4 Å². The number of nitrogens with one attached hydrogen (secondary N) is 3. The first-order chi connectivity index (χ1) is 12.7. The minimum Gasteiger partial charge on any atom is -0.376 e. The van der Waals surface area contributed by atoms with Gasteiger partial charge in [-0.05, 0) is 30.2 Å². The maximum absolute atomic E-state index is 12.0. The van der Waals surface area contributed by atoms with E-state index in [0.29, 0.717) is 13.0 Å². The minimum absolute atomic E-state index is 0.0243. The van der Waals surface area contributed by atoms with Crippen molar-refractivity contribution in [3.05, 3.63) is 60.2 Å². The van der Waals surface area contributed by atoms with Crippen molar-refractivity contribution in [1.82, 2.24) is 5.32 Å². The first-order valence-electron chi connectivity index (χ1n) is 9.12. The van der Waals surface area contributed by atoms with Gasteiger partial charge >= 0.3 is 0 Å². The Morgan fingerprint density at radius 3 is 2.42 bits per heavy atom. The number of anilines is 2. The van der Waals surface area contributed by atoms with Crippen molar-refractivity contribution in [1.29, 1.82) is 0 Å². The Labute approximate surface area is 155 Å². The van der Waals surface area contributed by atoms with Gasteiger partial charge in [0.2, 0.25) is 11.8 Å². The molecule has 0 spiro atoms. The van der Waals surface area contributed by atoms with Gasteiger partial charge in [-0.1, -0.05) is 56.2 Å². The lowest BCUT2D eigenvalue weighted by atomic mass is 10.2. The predicted molar refractivity (Wildman–Crippen MR) is 106 cm³/mol. The summed E-state index contributed by atoms with van der Waals surface area (Å²) in [6.45, 7) is 2.80. The standard InChI is InChI=1S/C21H27N3O2/c1-2-3-5-13-20(25)24-19-12-8-11-18(14-19)22-16-21(26)23-15-17-9-6-4-7-10-17/h4,6-12,14,22H,2-3,5,13,15-16H2,1H3,(H,23,26)(H,24,25). The van der Waals surface area contributed by atoms with E-state index in [1.807, 2.05) is 54.6 Å². The number of carbonyl (C=O) groups excluding carboxylic acids is 2. The molecule has 2 aromatic carbocycles. The van der Waals surface area contributed by atoms with E-state index in [1.54, 1.807) is 0 Å². The Morgan fingerprint density at radius 1 is 0.885 bits per heavy atom. The van der Waals surface area contributed by atoms with E-state index in [0.717, 1.165) is 36.2 Å². The molecule has 5 nitrogen and oxygen atoms in total. The molecular formula is C21H27N3O2. The van der Waals surface area contributed by atoms with Gasteiger partial charge in [0, 0.05) is 24.3 Å². The number of carbonyl (C=O) groups is 2. The maximum Gasteiger partial charge on any atom is 0.239 e. The van der Waals surface area contributed by atoms with Gasteiger partial charge in [0.25, 0.3) is 0 Å². The molecule has 0 atom stereocenters. The fourth-order valence-electron chi connectivity index (χ4n) is 2.51. The minimum atomic E-state index is -0.0807. The van der Waals surface area contributed by atoms with Gasteiger partial charge in [-0.25, -0.2) is 0 Å². The lowest BCUT2D eigenvalue weighted by Crippen LogP contribution is -2.29. The van der Waals surface area contributed by atoms with Crippen molar-refractivity contribution >= 4 is 23.2 Å². The molecule has 0 heterocycles. The van der Waals surface area contributed by atoms with Gasteiger partial charge < -0.3 is 16.0 Å². The van der Waals surface area contributed by atoms with Crippen molar-refractivity contribution in [2.75, 3.05) is 17.2 Å². The third-order valence-corrected chi connectivity index (χ3v) is 3.94. The summed E-state index contributed by atoms with van der Waals surface area (Å²) in [4.78, 5) is 23.8.